The molecule has 0 aliphatic carbocycles. The van der Waals surface area contributed by atoms with E-state index in [9.17, 15) is 9.59 Å². The van der Waals surface area contributed by atoms with E-state index in [0.717, 1.165) is 28.1 Å². The van der Waals surface area contributed by atoms with Gasteiger partial charge in [0.25, 0.3) is 5.91 Å². The Bertz CT molecular complexity index is 1190. The molecule has 1 heterocycles. The summed E-state index contributed by atoms with van der Waals surface area (Å²) in [5.41, 5.74) is 5.74. The Morgan fingerprint density at radius 3 is 2.45 bits per heavy atom. The zero-order valence-corrected chi connectivity index (χ0v) is 19.0. The second-order valence-electron chi connectivity index (χ2n) is 7.74. The second-order valence-corrected chi connectivity index (χ2v) is 8.18. The molecule has 0 fully saturated rings. The van der Waals surface area contributed by atoms with Gasteiger partial charge in [-0.05, 0) is 35.4 Å². The predicted octanol–water partition coefficient (Wildman–Crippen LogP) is 4.50. The minimum absolute atomic E-state index is 0.0303. The highest BCUT2D eigenvalue weighted by Gasteiger charge is 2.28. The fourth-order valence-electron chi connectivity index (χ4n) is 3.69. The first-order chi connectivity index (χ1) is 16.0. The van der Waals surface area contributed by atoms with Gasteiger partial charge in [-0.25, -0.2) is 0 Å². The summed E-state index contributed by atoms with van der Waals surface area (Å²) in [7, 11) is 0. The molecule has 168 valence electrons. The van der Waals surface area contributed by atoms with Crippen LogP contribution >= 0.6 is 11.6 Å². The number of carbonyl (C=O) groups is 2. The zero-order valence-electron chi connectivity index (χ0n) is 18.2. The summed E-state index contributed by atoms with van der Waals surface area (Å²) in [5, 5.41) is 13.0. The predicted molar refractivity (Wildman–Crippen MR) is 134 cm³/mol. The van der Waals surface area contributed by atoms with Crippen LogP contribution in [0.25, 0.3) is 11.3 Å². The van der Waals surface area contributed by atoms with E-state index in [2.05, 4.69) is 21.3 Å². The van der Waals surface area contributed by atoms with Gasteiger partial charge in [-0.2, -0.15) is 0 Å². The number of halogens is 1. The first-order valence-electron chi connectivity index (χ1n) is 10.7. The Morgan fingerprint density at radius 1 is 0.970 bits per heavy atom. The topological polar surface area (TPSA) is 82.3 Å². The lowest BCUT2D eigenvalue weighted by atomic mass is 10.00. The highest BCUT2D eigenvalue weighted by molar-refractivity contribution is 6.38. The molecule has 1 aliphatic heterocycles. The van der Waals surface area contributed by atoms with Crippen LogP contribution in [0.3, 0.4) is 0 Å². The van der Waals surface area contributed by atoms with Gasteiger partial charge in [0.05, 0.1) is 17.0 Å². The van der Waals surface area contributed by atoms with Crippen molar-refractivity contribution in [1.29, 1.82) is 0 Å². The lowest BCUT2D eigenvalue weighted by Gasteiger charge is -2.15. The third-order valence-corrected chi connectivity index (χ3v) is 5.50. The Morgan fingerprint density at radius 2 is 1.73 bits per heavy atom. The summed E-state index contributed by atoms with van der Waals surface area (Å²) in [4.78, 5) is 23.9. The molecule has 0 radical (unpaired) electrons. The molecule has 0 saturated heterocycles. The lowest BCUT2D eigenvalue weighted by molar-refractivity contribution is -0.119. The van der Waals surface area contributed by atoms with Crippen molar-refractivity contribution in [3.8, 4) is 0 Å². The molecule has 1 aliphatic rings. The molecular weight excluding hydrogens is 436 g/mol. The molecule has 33 heavy (non-hydrogen) atoms. The monoisotopic (exact) mass is 460 g/mol. The number of carbonyl (C=O) groups excluding carboxylic acids is 2. The van der Waals surface area contributed by atoms with Crippen molar-refractivity contribution in [3.05, 3.63) is 94.5 Å². The maximum Gasteiger partial charge on any atom is 0.258 e. The molecule has 0 unspecified atom stereocenters. The van der Waals surface area contributed by atoms with E-state index in [0.29, 0.717) is 35.9 Å². The van der Waals surface area contributed by atoms with E-state index in [1.807, 2.05) is 60.7 Å². The minimum Gasteiger partial charge on any atom is -0.355 e. The Balaban J connectivity index is 1.57. The van der Waals surface area contributed by atoms with Crippen LogP contribution in [0.2, 0.25) is 5.02 Å². The van der Waals surface area contributed by atoms with Crippen molar-refractivity contribution < 1.29 is 9.59 Å². The van der Waals surface area contributed by atoms with Gasteiger partial charge in [-0.1, -0.05) is 60.1 Å². The number of anilines is 2. The zero-order chi connectivity index (χ0) is 23.2. The van der Waals surface area contributed by atoms with Crippen LogP contribution in [0.15, 0.2) is 72.8 Å². The van der Waals surface area contributed by atoms with Crippen LogP contribution in [0.5, 0.6) is 0 Å². The average Bonchev–Trinajstić information content (AvgIpc) is 3.13. The Hall–Kier alpha value is -3.61. The molecule has 0 aromatic heterocycles. The van der Waals surface area contributed by atoms with Crippen molar-refractivity contribution in [2.24, 2.45) is 0 Å². The van der Waals surface area contributed by atoms with Gasteiger partial charge in [-0.3, -0.25) is 9.59 Å². The van der Waals surface area contributed by atoms with Gasteiger partial charge < -0.3 is 21.3 Å². The summed E-state index contributed by atoms with van der Waals surface area (Å²) < 4.78 is 0. The maximum absolute atomic E-state index is 12.9. The molecule has 6 nitrogen and oxygen atoms in total. The molecule has 0 saturated carbocycles. The SMILES string of the molecule is CC(=O)NCCNCc1ccc(N/C(=C2\C(=O)Nc3cc(Cl)ccc32)c2ccccc2)cc1. The van der Waals surface area contributed by atoms with E-state index >= 15 is 0 Å². The number of hydrogen-bond acceptors (Lipinski definition) is 4. The van der Waals surface area contributed by atoms with E-state index in [1.54, 1.807) is 12.1 Å². The van der Waals surface area contributed by atoms with Crippen LogP contribution in [-0.4, -0.2) is 24.9 Å². The number of amides is 2. The van der Waals surface area contributed by atoms with Crippen LogP contribution in [0.1, 0.15) is 23.6 Å². The van der Waals surface area contributed by atoms with Gasteiger partial charge in [0.2, 0.25) is 5.91 Å². The molecular formula is C26H25ClN4O2. The van der Waals surface area contributed by atoms with Gasteiger partial charge in [0.15, 0.2) is 0 Å². The molecule has 4 rings (SSSR count). The minimum atomic E-state index is -0.168. The largest absolute Gasteiger partial charge is 0.355 e. The van der Waals surface area contributed by atoms with Crippen molar-refractivity contribution in [1.82, 2.24) is 10.6 Å². The van der Waals surface area contributed by atoms with Gasteiger partial charge >= 0.3 is 0 Å². The summed E-state index contributed by atoms with van der Waals surface area (Å²) in [6.07, 6.45) is 0. The number of benzene rings is 3. The summed E-state index contributed by atoms with van der Waals surface area (Å²) in [6, 6.07) is 23.3. The first-order valence-corrected chi connectivity index (χ1v) is 11.1. The smallest absolute Gasteiger partial charge is 0.258 e. The van der Waals surface area contributed by atoms with Crippen molar-refractivity contribution in [2.75, 3.05) is 23.7 Å². The van der Waals surface area contributed by atoms with Crippen LogP contribution < -0.4 is 21.3 Å². The first kappa shape index (κ1) is 22.6. The van der Waals surface area contributed by atoms with E-state index < -0.39 is 0 Å². The maximum atomic E-state index is 12.9. The third-order valence-electron chi connectivity index (χ3n) is 5.27. The van der Waals surface area contributed by atoms with Gasteiger partial charge in [0, 0.05) is 42.8 Å². The standard InChI is InChI=1S/C26H25ClN4O2/c1-17(32)29-14-13-28-16-18-7-10-21(11-8-18)30-25(19-5-3-2-4-6-19)24-22-12-9-20(27)15-23(22)31-26(24)33/h2-12,15,28,30H,13-14,16H2,1H3,(H,29,32)(H,31,33)/b25-24-. The molecule has 2 amide bonds. The molecule has 4 N–H and O–H groups in total. The number of nitrogens with one attached hydrogen (secondary N) is 4. The normalized spacial score (nSPS) is 13.8. The molecule has 7 heteroatoms. The highest BCUT2D eigenvalue weighted by Crippen LogP contribution is 2.38. The van der Waals surface area contributed by atoms with E-state index in [1.165, 1.54) is 6.92 Å². The fraction of sp³-hybridized carbons (Fsp3) is 0.154. The number of rotatable bonds is 8. The van der Waals surface area contributed by atoms with Crippen LogP contribution in [0.4, 0.5) is 11.4 Å². The summed E-state index contributed by atoms with van der Waals surface area (Å²) >= 11 is 6.12. The van der Waals surface area contributed by atoms with Crippen LogP contribution in [0, 0.1) is 0 Å². The van der Waals surface area contributed by atoms with Crippen molar-refractivity contribution in [2.45, 2.75) is 13.5 Å². The van der Waals surface area contributed by atoms with Crippen LogP contribution in [-0.2, 0) is 16.1 Å². The molecule has 3 aromatic carbocycles. The average molecular weight is 461 g/mol. The quantitative estimate of drug-likeness (QED) is 0.295. The molecule has 0 spiro atoms. The second kappa shape index (κ2) is 10.3. The number of fused-ring (bicyclic) bond motifs is 1. The molecule has 3 aromatic rings. The summed E-state index contributed by atoms with van der Waals surface area (Å²) in [6.45, 7) is 3.50. The van der Waals surface area contributed by atoms with E-state index in [4.69, 9.17) is 11.6 Å². The van der Waals surface area contributed by atoms with Gasteiger partial charge in [-0.15, -0.1) is 0 Å². The van der Waals surface area contributed by atoms with Gasteiger partial charge in [0.1, 0.15) is 0 Å². The lowest BCUT2D eigenvalue weighted by Crippen LogP contribution is -2.29. The molecule has 0 bridgehead atoms. The van der Waals surface area contributed by atoms with E-state index in [-0.39, 0.29) is 11.8 Å². The number of hydrogen-bond donors (Lipinski definition) is 4. The van der Waals surface area contributed by atoms with Crippen molar-refractivity contribution in [3.63, 3.8) is 0 Å². The highest BCUT2D eigenvalue weighted by atomic mass is 35.5. The molecule has 0 atom stereocenters. The third kappa shape index (κ3) is 5.61. The Labute approximate surface area is 198 Å². The summed E-state index contributed by atoms with van der Waals surface area (Å²) in [5.74, 6) is -0.198. The van der Waals surface area contributed by atoms with Crippen molar-refractivity contribution >= 4 is 46.1 Å². The Kier molecular flexibility index (Phi) is 7.07. The fourth-order valence-corrected chi connectivity index (χ4v) is 3.86.